The van der Waals surface area contributed by atoms with Gasteiger partial charge in [-0.1, -0.05) is 68.7 Å². The lowest BCUT2D eigenvalue weighted by Crippen LogP contribution is -2.07. The third-order valence-electron chi connectivity index (χ3n) is 4.52. The van der Waals surface area contributed by atoms with Gasteiger partial charge >= 0.3 is 0 Å². The topological polar surface area (TPSA) is 45.1 Å². The van der Waals surface area contributed by atoms with Gasteiger partial charge in [0.15, 0.2) is 0 Å². The van der Waals surface area contributed by atoms with Crippen LogP contribution in [0.4, 0.5) is 5.69 Å². The van der Waals surface area contributed by atoms with Gasteiger partial charge in [0.25, 0.3) is 0 Å². The van der Waals surface area contributed by atoms with Crippen LogP contribution in [0.5, 0.6) is 0 Å². The van der Waals surface area contributed by atoms with Gasteiger partial charge in [-0.2, -0.15) is 0 Å². The summed E-state index contributed by atoms with van der Waals surface area (Å²) in [6, 6.07) is 20.3. The largest absolute Gasteiger partial charge is 0.388 e. The number of aliphatic hydroxyl groups excluding tert-OH is 1. The summed E-state index contributed by atoms with van der Waals surface area (Å²) in [4.78, 5) is 4.70. The molecule has 0 spiro atoms. The van der Waals surface area contributed by atoms with Crippen molar-refractivity contribution in [1.82, 2.24) is 4.98 Å². The number of unbranched alkanes of at least 4 members (excludes halogenated alkanes) is 2. The third kappa shape index (κ3) is 4.58. The van der Waals surface area contributed by atoms with Gasteiger partial charge in [-0.05, 0) is 24.6 Å². The van der Waals surface area contributed by atoms with E-state index in [-0.39, 0.29) is 0 Å². The number of anilines is 1. The Bertz CT molecular complexity index is 816. The highest BCUT2D eigenvalue weighted by Crippen LogP contribution is 2.27. The second-order valence-corrected chi connectivity index (χ2v) is 6.45. The number of rotatable bonds is 8. The molecular formula is C22H26N2O. The number of fused-ring (bicyclic) bond motifs is 1. The van der Waals surface area contributed by atoms with Crippen molar-refractivity contribution in [2.75, 3.05) is 5.32 Å². The van der Waals surface area contributed by atoms with Gasteiger partial charge in [-0.25, -0.2) is 0 Å². The van der Waals surface area contributed by atoms with Gasteiger partial charge in [0.05, 0.1) is 23.9 Å². The first-order valence-corrected chi connectivity index (χ1v) is 9.13. The Hall–Kier alpha value is -2.39. The van der Waals surface area contributed by atoms with E-state index >= 15 is 0 Å². The normalized spacial score (nSPS) is 12.2. The fraction of sp³-hybridized carbons (Fsp3) is 0.318. The number of aromatic nitrogens is 1. The minimum Gasteiger partial charge on any atom is -0.388 e. The Labute approximate surface area is 149 Å². The number of benzene rings is 2. The minimum absolute atomic E-state index is 0.417. The van der Waals surface area contributed by atoms with E-state index in [0.717, 1.165) is 47.1 Å². The maximum Gasteiger partial charge on any atom is 0.0810 e. The molecule has 0 fully saturated rings. The molecule has 25 heavy (non-hydrogen) atoms. The first-order chi connectivity index (χ1) is 12.3. The van der Waals surface area contributed by atoms with Crippen LogP contribution in [0.25, 0.3) is 10.9 Å². The summed E-state index contributed by atoms with van der Waals surface area (Å²) in [6.45, 7) is 2.82. The van der Waals surface area contributed by atoms with Crippen LogP contribution in [0.2, 0.25) is 0 Å². The van der Waals surface area contributed by atoms with Gasteiger partial charge in [-0.3, -0.25) is 4.98 Å². The molecular weight excluding hydrogens is 308 g/mol. The lowest BCUT2D eigenvalue weighted by Gasteiger charge is -2.17. The molecule has 2 aromatic carbocycles. The Balaban J connectivity index is 1.69. The molecule has 3 aromatic rings. The molecule has 0 saturated carbocycles. The van der Waals surface area contributed by atoms with Crippen molar-refractivity contribution >= 4 is 16.6 Å². The van der Waals surface area contributed by atoms with Gasteiger partial charge in [0.1, 0.15) is 0 Å². The molecule has 0 aliphatic rings. The van der Waals surface area contributed by atoms with Gasteiger partial charge < -0.3 is 10.4 Å². The van der Waals surface area contributed by atoms with E-state index in [9.17, 15) is 5.11 Å². The third-order valence-corrected chi connectivity index (χ3v) is 4.52. The number of aliphatic hydroxyl groups is 1. The molecule has 1 aromatic heterocycles. The highest BCUT2D eigenvalue weighted by molar-refractivity contribution is 5.78. The van der Waals surface area contributed by atoms with Crippen LogP contribution in [0.3, 0.4) is 0 Å². The van der Waals surface area contributed by atoms with Crippen LogP contribution in [0.15, 0.2) is 60.7 Å². The Kier molecular flexibility index (Phi) is 6.02. The molecule has 3 nitrogen and oxygen atoms in total. The molecule has 0 amide bonds. The summed E-state index contributed by atoms with van der Waals surface area (Å²) < 4.78 is 0. The standard InChI is InChI=1S/C22H26N2O/c1-2-3-4-13-22(25)19-10-6-8-12-21(19)23-16-18-15-14-17-9-5-7-11-20(17)24-18/h5-12,14-15,22-23,25H,2-4,13,16H2,1H3. The zero-order valence-corrected chi connectivity index (χ0v) is 14.8. The summed E-state index contributed by atoms with van der Waals surface area (Å²) >= 11 is 0. The molecule has 0 bridgehead atoms. The van der Waals surface area contributed by atoms with E-state index in [4.69, 9.17) is 4.98 Å². The van der Waals surface area contributed by atoms with Crippen LogP contribution in [0, 0.1) is 0 Å². The van der Waals surface area contributed by atoms with Gasteiger partial charge in [-0.15, -0.1) is 0 Å². The smallest absolute Gasteiger partial charge is 0.0810 e. The second kappa shape index (κ2) is 8.63. The van der Waals surface area contributed by atoms with Crippen LogP contribution in [0.1, 0.15) is 50.0 Å². The van der Waals surface area contributed by atoms with E-state index < -0.39 is 6.10 Å². The first kappa shape index (κ1) is 17.4. The quantitative estimate of drug-likeness (QED) is 0.538. The predicted octanol–water partition coefficient (Wildman–Crippen LogP) is 5.46. The van der Waals surface area contributed by atoms with E-state index in [1.807, 2.05) is 42.5 Å². The summed E-state index contributed by atoms with van der Waals surface area (Å²) in [7, 11) is 0. The zero-order chi connectivity index (χ0) is 17.5. The lowest BCUT2D eigenvalue weighted by atomic mass is 10.0. The highest BCUT2D eigenvalue weighted by Gasteiger charge is 2.11. The van der Waals surface area contributed by atoms with Crippen molar-refractivity contribution in [3.05, 3.63) is 71.9 Å². The Morgan fingerprint density at radius 3 is 2.64 bits per heavy atom. The average Bonchev–Trinajstić information content (AvgIpc) is 2.66. The average molecular weight is 334 g/mol. The number of pyridine rings is 1. The minimum atomic E-state index is -0.417. The van der Waals surface area contributed by atoms with Crippen molar-refractivity contribution in [2.24, 2.45) is 0 Å². The molecule has 3 rings (SSSR count). The van der Waals surface area contributed by atoms with E-state index in [0.29, 0.717) is 6.54 Å². The van der Waals surface area contributed by atoms with Crippen molar-refractivity contribution in [1.29, 1.82) is 0 Å². The number of hydrogen-bond donors (Lipinski definition) is 2. The number of para-hydroxylation sites is 2. The zero-order valence-electron chi connectivity index (χ0n) is 14.8. The summed E-state index contributed by atoms with van der Waals surface area (Å²) in [5, 5.41) is 15.1. The van der Waals surface area contributed by atoms with Crippen molar-refractivity contribution in [3.8, 4) is 0 Å². The molecule has 1 atom stereocenters. The van der Waals surface area contributed by atoms with Crippen LogP contribution >= 0.6 is 0 Å². The van der Waals surface area contributed by atoms with Crippen molar-refractivity contribution in [2.45, 2.75) is 45.3 Å². The number of nitrogens with zero attached hydrogens (tertiary/aromatic N) is 1. The fourth-order valence-corrected chi connectivity index (χ4v) is 3.08. The van der Waals surface area contributed by atoms with E-state index in [1.165, 1.54) is 6.42 Å². The molecule has 0 aliphatic heterocycles. The van der Waals surface area contributed by atoms with Crippen LogP contribution < -0.4 is 5.32 Å². The maximum atomic E-state index is 10.5. The number of hydrogen-bond acceptors (Lipinski definition) is 3. The van der Waals surface area contributed by atoms with E-state index in [1.54, 1.807) is 0 Å². The van der Waals surface area contributed by atoms with Gasteiger partial charge in [0, 0.05) is 16.6 Å². The second-order valence-electron chi connectivity index (χ2n) is 6.45. The maximum absolute atomic E-state index is 10.5. The van der Waals surface area contributed by atoms with E-state index in [2.05, 4.69) is 30.4 Å². The Morgan fingerprint density at radius 2 is 1.76 bits per heavy atom. The molecule has 3 heteroatoms. The number of nitrogens with one attached hydrogen (secondary N) is 1. The monoisotopic (exact) mass is 334 g/mol. The first-order valence-electron chi connectivity index (χ1n) is 9.13. The molecule has 0 radical (unpaired) electrons. The van der Waals surface area contributed by atoms with Crippen molar-refractivity contribution in [3.63, 3.8) is 0 Å². The molecule has 1 unspecified atom stereocenters. The Morgan fingerprint density at radius 1 is 0.960 bits per heavy atom. The molecule has 0 saturated heterocycles. The van der Waals surface area contributed by atoms with Crippen LogP contribution in [-0.4, -0.2) is 10.1 Å². The predicted molar refractivity (Wildman–Crippen MR) is 105 cm³/mol. The van der Waals surface area contributed by atoms with Gasteiger partial charge in [0.2, 0.25) is 0 Å². The highest BCUT2D eigenvalue weighted by atomic mass is 16.3. The summed E-state index contributed by atoms with van der Waals surface area (Å²) in [5.41, 5.74) is 3.96. The van der Waals surface area contributed by atoms with Crippen molar-refractivity contribution < 1.29 is 5.11 Å². The summed E-state index contributed by atoms with van der Waals surface area (Å²) in [5.74, 6) is 0. The molecule has 130 valence electrons. The SMILES string of the molecule is CCCCCC(O)c1ccccc1NCc1ccc2ccccc2n1. The molecule has 2 N–H and O–H groups in total. The summed E-state index contributed by atoms with van der Waals surface area (Å²) in [6.07, 6.45) is 3.77. The lowest BCUT2D eigenvalue weighted by molar-refractivity contribution is 0.164. The molecule has 0 aliphatic carbocycles. The fourth-order valence-electron chi connectivity index (χ4n) is 3.08. The molecule has 1 heterocycles. The van der Waals surface area contributed by atoms with Crippen LogP contribution in [-0.2, 0) is 6.54 Å².